The lowest BCUT2D eigenvalue weighted by Crippen LogP contribution is -2.49. The molecule has 2 aliphatic carbocycles. The van der Waals surface area contributed by atoms with Crippen molar-refractivity contribution in [2.45, 2.75) is 44.2 Å². The van der Waals surface area contributed by atoms with Crippen LogP contribution in [0.15, 0.2) is 0 Å². The van der Waals surface area contributed by atoms with E-state index in [1.807, 2.05) is 0 Å². The van der Waals surface area contributed by atoms with Gasteiger partial charge in [0.1, 0.15) is 0 Å². The predicted octanol–water partition coefficient (Wildman–Crippen LogP) is 1.79. The smallest absolute Gasteiger partial charge is 0.257 e. The molecule has 1 N–H and O–H groups in total. The quantitative estimate of drug-likeness (QED) is 0.713. The molecule has 2 nitrogen and oxygen atoms in total. The van der Waals surface area contributed by atoms with Crippen LogP contribution < -0.4 is 5.32 Å². The first kappa shape index (κ1) is 8.97. The topological polar surface area (TPSA) is 29.1 Å². The Morgan fingerprint density at radius 2 is 2.08 bits per heavy atom. The first-order valence-corrected chi connectivity index (χ1v) is 5.18. The maximum absolute atomic E-state index is 13.5. The molecule has 0 spiro atoms. The van der Waals surface area contributed by atoms with Gasteiger partial charge in [0.05, 0.1) is 0 Å². The van der Waals surface area contributed by atoms with Gasteiger partial charge in [0, 0.05) is 6.54 Å². The van der Waals surface area contributed by atoms with Gasteiger partial charge in [0.25, 0.3) is 5.91 Å². The molecule has 0 unspecified atom stereocenters. The molecular formula is C10H16FNO. The first-order chi connectivity index (χ1) is 6.21. The first-order valence-electron chi connectivity index (χ1n) is 5.18. The van der Waals surface area contributed by atoms with Crippen LogP contribution in [0.5, 0.6) is 0 Å². The monoisotopic (exact) mass is 185 g/mol. The minimum Gasteiger partial charge on any atom is -0.353 e. The van der Waals surface area contributed by atoms with Crippen LogP contribution in [-0.4, -0.2) is 18.1 Å². The van der Waals surface area contributed by atoms with E-state index < -0.39 is 5.67 Å². The Hall–Kier alpha value is -0.600. The summed E-state index contributed by atoms with van der Waals surface area (Å²) in [5.74, 6) is 0.248. The normalized spacial score (nSPS) is 25.9. The third-order valence-electron chi connectivity index (χ3n) is 3.33. The van der Waals surface area contributed by atoms with Crippen molar-refractivity contribution in [2.75, 3.05) is 6.54 Å². The van der Waals surface area contributed by atoms with Gasteiger partial charge in [-0.05, 0) is 38.0 Å². The Morgan fingerprint density at radius 3 is 2.46 bits per heavy atom. The highest BCUT2D eigenvalue weighted by molar-refractivity contribution is 5.85. The predicted molar refractivity (Wildman–Crippen MR) is 48.0 cm³/mol. The summed E-state index contributed by atoms with van der Waals surface area (Å²) in [6, 6.07) is 0. The summed E-state index contributed by atoms with van der Waals surface area (Å²) in [6.45, 7) is 0.685. The van der Waals surface area contributed by atoms with Crippen molar-refractivity contribution >= 4 is 5.91 Å². The number of carbonyl (C=O) groups excluding carboxylic acids is 1. The largest absolute Gasteiger partial charge is 0.353 e. The number of amides is 1. The number of halogens is 1. The lowest BCUT2D eigenvalue weighted by atomic mass is 9.80. The maximum Gasteiger partial charge on any atom is 0.257 e. The summed E-state index contributed by atoms with van der Waals surface area (Å²) >= 11 is 0. The van der Waals surface area contributed by atoms with E-state index in [1.165, 1.54) is 19.3 Å². The fourth-order valence-electron chi connectivity index (χ4n) is 1.81. The van der Waals surface area contributed by atoms with Crippen molar-refractivity contribution in [1.29, 1.82) is 0 Å². The van der Waals surface area contributed by atoms with Gasteiger partial charge in [0.2, 0.25) is 0 Å². The van der Waals surface area contributed by atoms with E-state index >= 15 is 0 Å². The number of carbonyl (C=O) groups is 1. The minimum absolute atomic E-state index is 0.370. The summed E-state index contributed by atoms with van der Waals surface area (Å²) in [5, 5.41) is 2.71. The minimum atomic E-state index is -1.51. The van der Waals surface area contributed by atoms with Gasteiger partial charge in [-0.1, -0.05) is 6.42 Å². The third kappa shape index (κ3) is 1.69. The highest BCUT2D eigenvalue weighted by atomic mass is 19.1. The van der Waals surface area contributed by atoms with E-state index in [2.05, 4.69) is 5.32 Å². The number of hydrogen-bond donors (Lipinski definition) is 1. The molecule has 2 fully saturated rings. The standard InChI is InChI=1S/C10H16FNO/c11-10(5-2-6-10)9(13)12-7-8-3-1-4-8/h8H,1-7H2,(H,12,13). The molecule has 1 amide bonds. The highest BCUT2D eigenvalue weighted by Gasteiger charge is 2.44. The van der Waals surface area contributed by atoms with E-state index in [-0.39, 0.29) is 5.91 Å². The Kier molecular flexibility index (Phi) is 2.26. The molecule has 0 aromatic carbocycles. The van der Waals surface area contributed by atoms with Crippen LogP contribution in [0.1, 0.15) is 38.5 Å². The molecular weight excluding hydrogens is 169 g/mol. The van der Waals surface area contributed by atoms with Crippen LogP contribution in [0.4, 0.5) is 4.39 Å². The summed E-state index contributed by atoms with van der Waals surface area (Å²) in [7, 11) is 0. The maximum atomic E-state index is 13.5. The van der Waals surface area contributed by atoms with E-state index in [0.717, 1.165) is 6.42 Å². The number of alkyl halides is 1. The molecule has 0 heterocycles. The van der Waals surface area contributed by atoms with Gasteiger partial charge in [0.15, 0.2) is 5.67 Å². The average molecular weight is 185 g/mol. The lowest BCUT2D eigenvalue weighted by molar-refractivity contribution is -0.138. The van der Waals surface area contributed by atoms with Gasteiger partial charge in [-0.3, -0.25) is 4.79 Å². The molecule has 0 saturated heterocycles. The Labute approximate surface area is 77.9 Å². The second-order valence-corrected chi connectivity index (χ2v) is 4.33. The van der Waals surface area contributed by atoms with Crippen molar-refractivity contribution in [3.63, 3.8) is 0 Å². The summed E-state index contributed by atoms with van der Waals surface area (Å²) in [4.78, 5) is 11.3. The van der Waals surface area contributed by atoms with Gasteiger partial charge < -0.3 is 5.32 Å². The van der Waals surface area contributed by atoms with E-state index in [1.54, 1.807) is 0 Å². The van der Waals surface area contributed by atoms with Crippen LogP contribution in [0.2, 0.25) is 0 Å². The van der Waals surface area contributed by atoms with Crippen LogP contribution >= 0.6 is 0 Å². The Bertz CT molecular complexity index is 209. The molecule has 0 aliphatic heterocycles. The fourth-order valence-corrected chi connectivity index (χ4v) is 1.81. The Balaban J connectivity index is 1.71. The van der Waals surface area contributed by atoms with E-state index in [0.29, 0.717) is 25.3 Å². The van der Waals surface area contributed by atoms with Gasteiger partial charge in [-0.25, -0.2) is 4.39 Å². The molecule has 0 aromatic rings. The fraction of sp³-hybridized carbons (Fsp3) is 0.900. The van der Waals surface area contributed by atoms with Crippen LogP contribution in [0.25, 0.3) is 0 Å². The summed E-state index contributed by atoms with van der Waals surface area (Å²) < 4.78 is 13.5. The molecule has 2 aliphatic rings. The SMILES string of the molecule is O=C(NCC1CCC1)C1(F)CCC1. The van der Waals surface area contributed by atoms with Gasteiger partial charge in [-0.2, -0.15) is 0 Å². The number of hydrogen-bond acceptors (Lipinski definition) is 1. The van der Waals surface area contributed by atoms with Gasteiger partial charge >= 0.3 is 0 Å². The lowest BCUT2D eigenvalue weighted by Gasteiger charge is -2.33. The van der Waals surface area contributed by atoms with Crippen molar-refractivity contribution in [1.82, 2.24) is 5.32 Å². The molecule has 2 rings (SSSR count). The zero-order valence-corrected chi connectivity index (χ0v) is 7.81. The second kappa shape index (κ2) is 3.28. The molecule has 0 bridgehead atoms. The molecule has 0 radical (unpaired) electrons. The van der Waals surface area contributed by atoms with Crippen LogP contribution in [0.3, 0.4) is 0 Å². The average Bonchev–Trinajstić information content (AvgIpc) is 1.97. The number of nitrogens with one attached hydrogen (secondary N) is 1. The van der Waals surface area contributed by atoms with Crippen molar-refractivity contribution in [3.8, 4) is 0 Å². The highest BCUT2D eigenvalue weighted by Crippen LogP contribution is 2.36. The summed E-state index contributed by atoms with van der Waals surface area (Å²) in [6.07, 6.45) is 5.35. The molecule has 74 valence electrons. The van der Waals surface area contributed by atoms with Crippen molar-refractivity contribution in [2.24, 2.45) is 5.92 Å². The molecule has 3 heteroatoms. The second-order valence-electron chi connectivity index (χ2n) is 4.33. The van der Waals surface area contributed by atoms with Crippen molar-refractivity contribution < 1.29 is 9.18 Å². The van der Waals surface area contributed by atoms with Crippen LogP contribution in [-0.2, 0) is 4.79 Å². The number of rotatable bonds is 3. The zero-order valence-electron chi connectivity index (χ0n) is 7.81. The van der Waals surface area contributed by atoms with E-state index in [9.17, 15) is 9.18 Å². The zero-order chi connectivity index (χ0) is 9.31. The van der Waals surface area contributed by atoms with Crippen LogP contribution in [0, 0.1) is 5.92 Å². The molecule has 0 aromatic heterocycles. The molecule has 2 saturated carbocycles. The summed E-state index contributed by atoms with van der Waals surface area (Å²) in [5.41, 5.74) is -1.51. The van der Waals surface area contributed by atoms with Gasteiger partial charge in [-0.15, -0.1) is 0 Å². The molecule has 13 heavy (non-hydrogen) atoms. The Morgan fingerprint density at radius 1 is 1.38 bits per heavy atom. The third-order valence-corrected chi connectivity index (χ3v) is 3.33. The van der Waals surface area contributed by atoms with Crippen molar-refractivity contribution in [3.05, 3.63) is 0 Å². The van der Waals surface area contributed by atoms with E-state index in [4.69, 9.17) is 0 Å². The molecule has 0 atom stereocenters.